The molecule has 0 aliphatic carbocycles. The molecule has 1 amide bonds. The maximum atomic E-state index is 11.5. The van der Waals surface area contributed by atoms with Gasteiger partial charge in [-0.2, -0.15) is 0 Å². The first kappa shape index (κ1) is 15.7. The molecule has 1 aromatic carbocycles. The first-order chi connectivity index (χ1) is 9.40. The molecular formula is C13H12ClNO5. The Kier molecular flexibility index (Phi) is 5.74. The van der Waals surface area contributed by atoms with E-state index in [1.165, 1.54) is 6.08 Å². The maximum absolute atomic E-state index is 11.5. The van der Waals surface area contributed by atoms with Gasteiger partial charge in [0.25, 0.3) is 0 Å². The maximum Gasteiger partial charge on any atom is 0.326 e. The third-order valence-electron chi connectivity index (χ3n) is 2.31. The summed E-state index contributed by atoms with van der Waals surface area (Å²) in [5.74, 6) is -3.43. The van der Waals surface area contributed by atoms with E-state index in [4.69, 9.17) is 21.8 Å². The number of hydrogen-bond donors (Lipinski definition) is 3. The molecule has 0 aliphatic rings. The Labute approximate surface area is 119 Å². The van der Waals surface area contributed by atoms with Crippen LogP contribution in [-0.4, -0.2) is 34.1 Å². The van der Waals surface area contributed by atoms with Gasteiger partial charge in [-0.25, -0.2) is 4.79 Å². The van der Waals surface area contributed by atoms with Gasteiger partial charge in [0.1, 0.15) is 6.04 Å². The van der Waals surface area contributed by atoms with Crippen LogP contribution >= 0.6 is 11.6 Å². The van der Waals surface area contributed by atoms with Crippen molar-refractivity contribution in [2.24, 2.45) is 0 Å². The highest BCUT2D eigenvalue weighted by Gasteiger charge is 2.21. The first-order valence-electron chi connectivity index (χ1n) is 5.58. The van der Waals surface area contributed by atoms with Gasteiger partial charge in [0, 0.05) is 11.1 Å². The van der Waals surface area contributed by atoms with Gasteiger partial charge in [0.15, 0.2) is 0 Å². The van der Waals surface area contributed by atoms with Gasteiger partial charge in [0.2, 0.25) is 5.91 Å². The Morgan fingerprint density at radius 1 is 1.25 bits per heavy atom. The molecule has 0 unspecified atom stereocenters. The molecule has 0 saturated heterocycles. The molecule has 1 atom stereocenters. The zero-order chi connectivity index (χ0) is 15.1. The van der Waals surface area contributed by atoms with Crippen LogP contribution in [-0.2, 0) is 14.4 Å². The van der Waals surface area contributed by atoms with Gasteiger partial charge in [-0.15, -0.1) is 0 Å². The largest absolute Gasteiger partial charge is 0.481 e. The Morgan fingerprint density at radius 2 is 1.90 bits per heavy atom. The molecule has 3 N–H and O–H groups in total. The molecule has 0 heterocycles. The van der Waals surface area contributed by atoms with Crippen molar-refractivity contribution in [1.29, 1.82) is 0 Å². The third-order valence-corrected chi connectivity index (χ3v) is 2.66. The zero-order valence-corrected chi connectivity index (χ0v) is 11.0. The summed E-state index contributed by atoms with van der Waals surface area (Å²) < 4.78 is 0. The summed E-state index contributed by atoms with van der Waals surface area (Å²) in [5.41, 5.74) is 0.592. The van der Waals surface area contributed by atoms with Gasteiger partial charge < -0.3 is 15.5 Å². The molecular weight excluding hydrogens is 286 g/mol. The molecule has 0 radical (unpaired) electrons. The minimum absolute atomic E-state index is 0.442. The standard InChI is InChI=1S/C13H12ClNO5/c14-9-4-2-1-3-8(9)5-6-11(16)15-10(13(19)20)7-12(17)18/h1-6,10H,7H2,(H,15,16)(H,17,18)(H,19,20)/b6-5+/t10-/m1/s1. The third kappa shape index (κ3) is 5.11. The summed E-state index contributed by atoms with van der Waals surface area (Å²) in [6.45, 7) is 0. The number of rotatable bonds is 6. The van der Waals surface area contributed by atoms with E-state index in [-0.39, 0.29) is 0 Å². The number of aliphatic carboxylic acids is 2. The van der Waals surface area contributed by atoms with Crippen LogP contribution < -0.4 is 5.32 Å². The first-order valence-corrected chi connectivity index (χ1v) is 5.95. The second-order valence-corrected chi connectivity index (χ2v) is 4.26. The molecule has 0 aliphatic heterocycles. The van der Waals surface area contributed by atoms with Crippen molar-refractivity contribution in [3.8, 4) is 0 Å². The molecule has 0 bridgehead atoms. The van der Waals surface area contributed by atoms with Gasteiger partial charge in [-0.05, 0) is 17.7 Å². The van der Waals surface area contributed by atoms with E-state index in [0.29, 0.717) is 10.6 Å². The summed E-state index contributed by atoms with van der Waals surface area (Å²) in [7, 11) is 0. The van der Waals surface area contributed by atoms with E-state index in [9.17, 15) is 14.4 Å². The van der Waals surface area contributed by atoms with Gasteiger partial charge in [0.05, 0.1) is 6.42 Å². The van der Waals surface area contributed by atoms with Crippen LogP contribution in [0.3, 0.4) is 0 Å². The average Bonchev–Trinajstić information content (AvgIpc) is 2.36. The predicted octanol–water partition coefficient (Wildman–Crippen LogP) is 1.40. The van der Waals surface area contributed by atoms with E-state index in [1.807, 2.05) is 0 Å². The number of carboxylic acids is 2. The highest BCUT2D eigenvalue weighted by Crippen LogP contribution is 2.16. The number of carboxylic acid groups (broad SMARTS) is 2. The fraction of sp³-hybridized carbons (Fsp3) is 0.154. The van der Waals surface area contributed by atoms with E-state index in [0.717, 1.165) is 6.08 Å². The number of benzene rings is 1. The lowest BCUT2D eigenvalue weighted by Crippen LogP contribution is -2.41. The normalized spacial score (nSPS) is 12.1. The second kappa shape index (κ2) is 7.30. The van der Waals surface area contributed by atoms with Crippen molar-refractivity contribution in [3.63, 3.8) is 0 Å². The molecule has 1 aromatic rings. The topological polar surface area (TPSA) is 104 Å². The Balaban J connectivity index is 2.69. The van der Waals surface area contributed by atoms with Crippen molar-refractivity contribution in [1.82, 2.24) is 5.32 Å². The van der Waals surface area contributed by atoms with E-state index >= 15 is 0 Å². The summed E-state index contributed by atoms with van der Waals surface area (Å²) in [6, 6.07) is 5.30. The Bertz CT molecular complexity index is 555. The van der Waals surface area contributed by atoms with Crippen molar-refractivity contribution in [2.75, 3.05) is 0 Å². The molecule has 6 nitrogen and oxygen atoms in total. The van der Waals surface area contributed by atoms with E-state index in [2.05, 4.69) is 5.32 Å². The summed E-state index contributed by atoms with van der Waals surface area (Å²) in [5, 5.41) is 19.8. The quantitative estimate of drug-likeness (QED) is 0.689. The fourth-order valence-electron chi connectivity index (χ4n) is 1.37. The smallest absolute Gasteiger partial charge is 0.326 e. The van der Waals surface area contributed by atoms with Crippen LogP contribution in [0.2, 0.25) is 5.02 Å². The highest BCUT2D eigenvalue weighted by molar-refractivity contribution is 6.32. The highest BCUT2D eigenvalue weighted by atomic mass is 35.5. The van der Waals surface area contributed by atoms with Crippen LogP contribution in [0, 0.1) is 0 Å². The fourth-order valence-corrected chi connectivity index (χ4v) is 1.57. The number of nitrogens with one attached hydrogen (secondary N) is 1. The molecule has 20 heavy (non-hydrogen) atoms. The monoisotopic (exact) mass is 297 g/mol. The summed E-state index contributed by atoms with van der Waals surface area (Å²) in [4.78, 5) is 32.8. The van der Waals surface area contributed by atoms with Crippen LogP contribution in [0.15, 0.2) is 30.3 Å². The zero-order valence-electron chi connectivity index (χ0n) is 10.2. The number of hydrogen-bond acceptors (Lipinski definition) is 3. The van der Waals surface area contributed by atoms with E-state index in [1.54, 1.807) is 24.3 Å². The van der Waals surface area contributed by atoms with Crippen molar-refractivity contribution >= 4 is 35.5 Å². The average molecular weight is 298 g/mol. The number of carbonyl (C=O) groups is 3. The van der Waals surface area contributed by atoms with Gasteiger partial charge >= 0.3 is 11.9 Å². The molecule has 0 saturated carbocycles. The van der Waals surface area contributed by atoms with Crippen LogP contribution in [0.25, 0.3) is 6.08 Å². The molecule has 0 fully saturated rings. The molecule has 106 valence electrons. The predicted molar refractivity (Wildman–Crippen MR) is 72.3 cm³/mol. The number of carbonyl (C=O) groups excluding carboxylic acids is 1. The lowest BCUT2D eigenvalue weighted by molar-refractivity contribution is -0.146. The minimum Gasteiger partial charge on any atom is -0.481 e. The molecule has 0 spiro atoms. The number of amides is 1. The van der Waals surface area contributed by atoms with Crippen LogP contribution in [0.1, 0.15) is 12.0 Å². The minimum atomic E-state index is -1.48. The summed E-state index contributed by atoms with van der Waals surface area (Å²) in [6.07, 6.45) is 1.82. The van der Waals surface area contributed by atoms with Gasteiger partial charge in [-0.3, -0.25) is 9.59 Å². The van der Waals surface area contributed by atoms with Crippen molar-refractivity contribution in [2.45, 2.75) is 12.5 Å². The van der Waals surface area contributed by atoms with Crippen molar-refractivity contribution < 1.29 is 24.6 Å². The van der Waals surface area contributed by atoms with Crippen LogP contribution in [0.5, 0.6) is 0 Å². The Morgan fingerprint density at radius 3 is 2.45 bits per heavy atom. The summed E-state index contributed by atoms with van der Waals surface area (Å²) >= 11 is 5.88. The lowest BCUT2D eigenvalue weighted by Gasteiger charge is -2.10. The SMILES string of the molecule is O=C(O)C[C@@H](NC(=O)/C=C/c1ccccc1Cl)C(=O)O. The van der Waals surface area contributed by atoms with E-state index < -0.39 is 30.3 Å². The molecule has 0 aromatic heterocycles. The number of halogens is 1. The molecule has 1 rings (SSSR count). The lowest BCUT2D eigenvalue weighted by atomic mass is 10.2. The second-order valence-electron chi connectivity index (χ2n) is 3.85. The van der Waals surface area contributed by atoms with Gasteiger partial charge in [-0.1, -0.05) is 29.8 Å². The van der Waals surface area contributed by atoms with Crippen molar-refractivity contribution in [3.05, 3.63) is 40.9 Å². The Hall–Kier alpha value is -2.34. The van der Waals surface area contributed by atoms with Crippen LogP contribution in [0.4, 0.5) is 0 Å². The molecule has 7 heteroatoms.